The Hall–Kier alpha value is -1.75. The number of benzene rings is 1. The van der Waals surface area contributed by atoms with Crippen LogP contribution in [0.25, 0.3) is 0 Å². The van der Waals surface area contributed by atoms with Crippen LogP contribution in [0.4, 0.5) is 10.5 Å². The first-order valence-electron chi connectivity index (χ1n) is 6.43. The van der Waals surface area contributed by atoms with E-state index in [1.165, 1.54) is 18.2 Å². The molecule has 0 saturated carbocycles. The Morgan fingerprint density at radius 1 is 1.40 bits per heavy atom. The average molecular weight is 297 g/mol. The van der Waals surface area contributed by atoms with Crippen LogP contribution in [0.5, 0.6) is 0 Å². The van der Waals surface area contributed by atoms with Crippen molar-refractivity contribution in [2.75, 3.05) is 11.9 Å². The van der Waals surface area contributed by atoms with E-state index < -0.39 is 5.97 Å². The van der Waals surface area contributed by atoms with Crippen molar-refractivity contribution < 1.29 is 14.7 Å². The fraction of sp³-hybridized carbons (Fsp3) is 0.429. The third-order valence-electron chi connectivity index (χ3n) is 3.60. The first-order chi connectivity index (χ1) is 9.31. The highest BCUT2D eigenvalue weighted by Crippen LogP contribution is 2.30. The Morgan fingerprint density at radius 3 is 2.60 bits per heavy atom. The molecular formula is C14H17ClN2O3. The number of halogens is 1. The number of rotatable bonds is 2. The second kappa shape index (κ2) is 5.32. The topological polar surface area (TPSA) is 69.6 Å². The van der Waals surface area contributed by atoms with Crippen molar-refractivity contribution in [2.24, 2.45) is 0 Å². The van der Waals surface area contributed by atoms with Gasteiger partial charge in [-0.15, -0.1) is 0 Å². The number of hydrogen-bond acceptors (Lipinski definition) is 2. The molecule has 0 aliphatic carbocycles. The number of hydrogen-bond donors (Lipinski definition) is 2. The molecule has 0 unspecified atom stereocenters. The number of carboxylic acid groups (broad SMARTS) is 1. The van der Waals surface area contributed by atoms with Gasteiger partial charge in [0.25, 0.3) is 0 Å². The van der Waals surface area contributed by atoms with Crippen molar-refractivity contribution in [3.8, 4) is 0 Å². The van der Waals surface area contributed by atoms with Gasteiger partial charge in [0.2, 0.25) is 0 Å². The van der Waals surface area contributed by atoms with Crippen molar-refractivity contribution in [3.63, 3.8) is 0 Å². The molecule has 1 saturated heterocycles. The first kappa shape index (κ1) is 14.7. The SMILES string of the molecule is CC1(C)CCCN1C(=O)Nc1ccc(C(=O)O)cc1Cl. The van der Waals surface area contributed by atoms with Crippen LogP contribution in [0.3, 0.4) is 0 Å². The van der Waals surface area contributed by atoms with Crippen LogP contribution in [-0.4, -0.2) is 34.1 Å². The van der Waals surface area contributed by atoms with Crippen LogP contribution in [-0.2, 0) is 0 Å². The zero-order valence-electron chi connectivity index (χ0n) is 11.4. The summed E-state index contributed by atoms with van der Waals surface area (Å²) in [4.78, 5) is 24.8. The molecule has 6 heteroatoms. The van der Waals surface area contributed by atoms with Crippen molar-refractivity contribution in [1.29, 1.82) is 0 Å². The van der Waals surface area contributed by atoms with E-state index in [1.807, 2.05) is 13.8 Å². The van der Waals surface area contributed by atoms with Crippen LogP contribution in [0.1, 0.15) is 37.0 Å². The summed E-state index contributed by atoms with van der Waals surface area (Å²) >= 11 is 6.00. The molecule has 1 fully saturated rings. The minimum absolute atomic E-state index is 0.0921. The molecule has 1 aliphatic rings. The van der Waals surface area contributed by atoms with Gasteiger partial charge in [0.05, 0.1) is 16.3 Å². The molecule has 108 valence electrons. The quantitative estimate of drug-likeness (QED) is 0.878. The maximum Gasteiger partial charge on any atom is 0.335 e. The molecule has 0 aromatic heterocycles. The molecule has 1 aliphatic heterocycles. The van der Waals surface area contributed by atoms with Gasteiger partial charge in [0.1, 0.15) is 0 Å². The lowest BCUT2D eigenvalue weighted by Crippen LogP contribution is -2.45. The predicted octanol–water partition coefficient (Wildman–Crippen LogP) is 3.44. The van der Waals surface area contributed by atoms with Gasteiger partial charge in [0, 0.05) is 12.1 Å². The lowest BCUT2D eigenvalue weighted by atomic mass is 10.0. The summed E-state index contributed by atoms with van der Waals surface area (Å²) in [7, 11) is 0. The number of amides is 2. The highest BCUT2D eigenvalue weighted by Gasteiger charge is 2.35. The number of urea groups is 1. The fourth-order valence-corrected chi connectivity index (χ4v) is 2.64. The van der Waals surface area contributed by atoms with Crippen LogP contribution in [0.15, 0.2) is 18.2 Å². The molecule has 0 bridgehead atoms. The maximum absolute atomic E-state index is 12.2. The molecule has 2 N–H and O–H groups in total. The van der Waals surface area contributed by atoms with Gasteiger partial charge < -0.3 is 15.3 Å². The molecule has 1 aromatic rings. The first-order valence-corrected chi connectivity index (χ1v) is 6.80. The van der Waals surface area contributed by atoms with E-state index in [4.69, 9.17) is 16.7 Å². The lowest BCUT2D eigenvalue weighted by molar-refractivity contribution is 0.0697. The van der Waals surface area contributed by atoms with E-state index in [2.05, 4.69) is 5.32 Å². The van der Waals surface area contributed by atoms with E-state index in [9.17, 15) is 9.59 Å². The van der Waals surface area contributed by atoms with Gasteiger partial charge in [-0.25, -0.2) is 9.59 Å². The van der Waals surface area contributed by atoms with Crippen molar-refractivity contribution in [1.82, 2.24) is 4.90 Å². The molecule has 0 spiro atoms. The standard InChI is InChI=1S/C14H17ClN2O3/c1-14(2)6-3-7-17(14)13(20)16-11-5-4-9(12(18)19)8-10(11)15/h4-5,8H,3,6-7H2,1-2H3,(H,16,20)(H,18,19). The van der Waals surface area contributed by atoms with Gasteiger partial charge in [0.15, 0.2) is 0 Å². The smallest absolute Gasteiger partial charge is 0.335 e. The highest BCUT2D eigenvalue weighted by atomic mass is 35.5. The van der Waals surface area contributed by atoms with Gasteiger partial charge in [-0.05, 0) is 44.9 Å². The second-order valence-corrected chi connectivity index (χ2v) is 5.90. The molecule has 2 rings (SSSR count). The summed E-state index contributed by atoms with van der Waals surface area (Å²) in [5, 5.41) is 11.8. The van der Waals surface area contributed by atoms with Crippen molar-refractivity contribution in [2.45, 2.75) is 32.2 Å². The van der Waals surface area contributed by atoms with Crippen molar-refractivity contribution in [3.05, 3.63) is 28.8 Å². The third kappa shape index (κ3) is 2.88. The molecule has 1 heterocycles. The number of carboxylic acids is 1. The molecule has 20 heavy (non-hydrogen) atoms. The number of anilines is 1. The fourth-order valence-electron chi connectivity index (χ4n) is 2.42. The van der Waals surface area contributed by atoms with E-state index in [-0.39, 0.29) is 22.2 Å². The summed E-state index contributed by atoms with van der Waals surface area (Å²) in [6.45, 7) is 4.76. The summed E-state index contributed by atoms with van der Waals surface area (Å²) in [5.74, 6) is -1.05. The third-order valence-corrected chi connectivity index (χ3v) is 3.92. The zero-order chi connectivity index (χ0) is 14.9. The zero-order valence-corrected chi connectivity index (χ0v) is 12.2. The Bertz CT molecular complexity index is 557. The molecule has 2 amide bonds. The minimum atomic E-state index is -1.05. The van der Waals surface area contributed by atoms with E-state index in [1.54, 1.807) is 4.90 Å². The number of carbonyl (C=O) groups excluding carboxylic acids is 1. The number of nitrogens with zero attached hydrogens (tertiary/aromatic N) is 1. The molecule has 1 aromatic carbocycles. The van der Waals surface area contributed by atoms with Crippen molar-refractivity contribution >= 4 is 29.3 Å². The highest BCUT2D eigenvalue weighted by molar-refractivity contribution is 6.34. The molecule has 5 nitrogen and oxygen atoms in total. The van der Waals surface area contributed by atoms with E-state index in [0.717, 1.165) is 12.8 Å². The van der Waals surface area contributed by atoms with E-state index >= 15 is 0 Å². The molecule has 0 radical (unpaired) electrons. The Labute approximate surface area is 122 Å². The summed E-state index contributed by atoms with van der Waals surface area (Å²) in [6.07, 6.45) is 1.94. The van der Waals surface area contributed by atoms with Gasteiger partial charge >= 0.3 is 12.0 Å². The molecular weight excluding hydrogens is 280 g/mol. The van der Waals surface area contributed by atoms with Gasteiger partial charge in [-0.3, -0.25) is 0 Å². The Balaban J connectivity index is 2.14. The van der Waals surface area contributed by atoms with Crippen LogP contribution in [0.2, 0.25) is 5.02 Å². The van der Waals surface area contributed by atoms with E-state index in [0.29, 0.717) is 12.2 Å². The Morgan fingerprint density at radius 2 is 2.10 bits per heavy atom. The monoisotopic (exact) mass is 296 g/mol. The summed E-state index contributed by atoms with van der Waals surface area (Å²) in [6, 6.07) is 4.04. The van der Waals surface area contributed by atoms with Crippen LogP contribution in [0, 0.1) is 0 Å². The van der Waals surface area contributed by atoms with Crippen LogP contribution < -0.4 is 5.32 Å². The number of nitrogens with one attached hydrogen (secondary N) is 1. The summed E-state index contributed by atoms with van der Waals surface area (Å²) < 4.78 is 0. The average Bonchev–Trinajstić information content (AvgIpc) is 2.71. The maximum atomic E-state index is 12.2. The normalized spacial score (nSPS) is 17.1. The second-order valence-electron chi connectivity index (χ2n) is 5.50. The largest absolute Gasteiger partial charge is 0.478 e. The lowest BCUT2D eigenvalue weighted by Gasteiger charge is -2.31. The van der Waals surface area contributed by atoms with Gasteiger partial charge in [-0.2, -0.15) is 0 Å². The summed E-state index contributed by atoms with van der Waals surface area (Å²) in [5.41, 5.74) is 0.344. The molecule has 0 atom stereocenters. The minimum Gasteiger partial charge on any atom is -0.478 e. The van der Waals surface area contributed by atoms with Gasteiger partial charge in [-0.1, -0.05) is 11.6 Å². The number of aromatic carboxylic acids is 1. The van der Waals surface area contributed by atoms with Crippen LogP contribution >= 0.6 is 11.6 Å². The predicted molar refractivity (Wildman–Crippen MR) is 77.4 cm³/mol. The number of likely N-dealkylation sites (tertiary alicyclic amines) is 1. The Kier molecular flexibility index (Phi) is 3.90. The number of carbonyl (C=O) groups is 2.